The number of hydrogen-bond donors (Lipinski definition) is 2. The maximum Gasteiger partial charge on any atom is 0.341 e. The van der Waals surface area contributed by atoms with Gasteiger partial charge in [0.15, 0.2) is 6.61 Å². The highest BCUT2D eigenvalue weighted by molar-refractivity contribution is 8.00. The second-order valence-electron chi connectivity index (χ2n) is 4.87. The lowest BCUT2D eigenvalue weighted by atomic mass is 10.3. The van der Waals surface area contributed by atoms with Gasteiger partial charge in [-0.15, -0.1) is 0 Å². The number of carboxylic acids is 1. The van der Waals surface area contributed by atoms with E-state index in [-0.39, 0.29) is 9.64 Å². The SMILES string of the molecule is CSC1(CNS(=O)(=O)c2ccc(OCC(=O)O)cc2)CC1. The van der Waals surface area contributed by atoms with E-state index >= 15 is 0 Å². The van der Waals surface area contributed by atoms with E-state index in [2.05, 4.69) is 4.72 Å². The molecule has 21 heavy (non-hydrogen) atoms. The summed E-state index contributed by atoms with van der Waals surface area (Å²) in [5.41, 5.74) is 0. The third-order valence-electron chi connectivity index (χ3n) is 3.32. The Bertz CT molecular complexity index is 608. The van der Waals surface area contributed by atoms with Crippen LogP contribution < -0.4 is 9.46 Å². The van der Waals surface area contributed by atoms with Crippen molar-refractivity contribution in [3.8, 4) is 5.75 Å². The van der Waals surface area contributed by atoms with Gasteiger partial charge in [0.2, 0.25) is 10.0 Å². The number of aliphatic carboxylic acids is 1. The van der Waals surface area contributed by atoms with Gasteiger partial charge in [-0.3, -0.25) is 0 Å². The molecule has 0 unspecified atom stereocenters. The van der Waals surface area contributed by atoms with Crippen LogP contribution in [0.2, 0.25) is 0 Å². The van der Waals surface area contributed by atoms with Gasteiger partial charge in [0.1, 0.15) is 5.75 Å². The van der Waals surface area contributed by atoms with Crippen LogP contribution in [0.3, 0.4) is 0 Å². The molecule has 0 aliphatic heterocycles. The molecule has 1 fully saturated rings. The van der Waals surface area contributed by atoms with Crippen molar-refractivity contribution < 1.29 is 23.1 Å². The predicted molar refractivity (Wildman–Crippen MR) is 80.2 cm³/mol. The van der Waals surface area contributed by atoms with Crippen LogP contribution in [-0.2, 0) is 14.8 Å². The van der Waals surface area contributed by atoms with E-state index < -0.39 is 22.6 Å². The first kappa shape index (κ1) is 16.1. The van der Waals surface area contributed by atoms with Crippen LogP contribution in [0.15, 0.2) is 29.2 Å². The minimum atomic E-state index is -3.55. The van der Waals surface area contributed by atoms with E-state index in [9.17, 15) is 13.2 Å². The zero-order valence-corrected chi connectivity index (χ0v) is 13.2. The van der Waals surface area contributed by atoms with Crippen LogP contribution in [0.25, 0.3) is 0 Å². The van der Waals surface area contributed by atoms with Crippen molar-refractivity contribution in [1.29, 1.82) is 0 Å². The Kier molecular flexibility index (Phi) is 4.80. The maximum absolute atomic E-state index is 12.1. The van der Waals surface area contributed by atoms with E-state index in [4.69, 9.17) is 9.84 Å². The van der Waals surface area contributed by atoms with Crippen molar-refractivity contribution in [1.82, 2.24) is 4.72 Å². The highest BCUT2D eigenvalue weighted by atomic mass is 32.2. The number of hydrogen-bond acceptors (Lipinski definition) is 5. The Labute approximate surface area is 127 Å². The summed E-state index contributed by atoms with van der Waals surface area (Å²) in [7, 11) is -3.55. The molecule has 0 aromatic heterocycles. The lowest BCUT2D eigenvalue weighted by Crippen LogP contribution is -2.31. The number of rotatable bonds is 8. The number of benzene rings is 1. The molecule has 1 aliphatic rings. The summed E-state index contributed by atoms with van der Waals surface area (Å²) < 4.78 is 31.9. The first-order chi connectivity index (χ1) is 9.87. The van der Waals surface area contributed by atoms with Crippen LogP contribution in [-0.4, -0.2) is 43.6 Å². The number of carboxylic acid groups (broad SMARTS) is 1. The van der Waals surface area contributed by atoms with E-state index in [1.54, 1.807) is 11.8 Å². The molecule has 8 heteroatoms. The number of thioether (sulfide) groups is 1. The molecule has 0 amide bonds. The zero-order valence-electron chi connectivity index (χ0n) is 11.5. The first-order valence-corrected chi connectivity index (χ1v) is 9.07. The average Bonchev–Trinajstić information content (AvgIpc) is 3.24. The van der Waals surface area contributed by atoms with E-state index in [1.165, 1.54) is 24.3 Å². The topological polar surface area (TPSA) is 92.7 Å². The molecule has 0 bridgehead atoms. The monoisotopic (exact) mass is 331 g/mol. The van der Waals surface area contributed by atoms with Gasteiger partial charge in [0, 0.05) is 11.3 Å². The predicted octanol–water partition coefficient (Wildman–Crippen LogP) is 1.32. The van der Waals surface area contributed by atoms with Crippen molar-refractivity contribution in [2.45, 2.75) is 22.5 Å². The number of carbonyl (C=O) groups is 1. The van der Waals surface area contributed by atoms with Crippen molar-refractivity contribution >= 4 is 27.8 Å². The third kappa shape index (κ3) is 4.36. The van der Waals surface area contributed by atoms with Gasteiger partial charge in [-0.05, 0) is 43.4 Å². The van der Waals surface area contributed by atoms with Crippen LogP contribution in [0.1, 0.15) is 12.8 Å². The number of ether oxygens (including phenoxy) is 1. The molecule has 1 saturated carbocycles. The lowest BCUT2D eigenvalue weighted by molar-refractivity contribution is -0.139. The number of sulfonamides is 1. The molecule has 0 saturated heterocycles. The van der Waals surface area contributed by atoms with Crippen molar-refractivity contribution in [3.05, 3.63) is 24.3 Å². The molecule has 0 radical (unpaired) electrons. The second-order valence-corrected chi connectivity index (χ2v) is 7.91. The summed E-state index contributed by atoms with van der Waals surface area (Å²) in [6.07, 6.45) is 4.03. The normalized spacial score (nSPS) is 16.4. The fourth-order valence-electron chi connectivity index (χ4n) is 1.76. The molecular weight excluding hydrogens is 314 g/mol. The first-order valence-electron chi connectivity index (χ1n) is 6.36. The van der Waals surface area contributed by atoms with Gasteiger partial charge in [0.25, 0.3) is 0 Å². The van der Waals surface area contributed by atoms with E-state index in [0.717, 1.165) is 12.8 Å². The third-order valence-corrected chi connectivity index (χ3v) is 6.16. The minimum absolute atomic E-state index is 0.0532. The van der Waals surface area contributed by atoms with Crippen LogP contribution >= 0.6 is 11.8 Å². The Morgan fingerprint density at radius 1 is 1.38 bits per heavy atom. The fourth-order valence-corrected chi connectivity index (χ4v) is 3.71. The van der Waals surface area contributed by atoms with Crippen LogP contribution in [0.4, 0.5) is 0 Å². The zero-order chi connectivity index (χ0) is 15.5. The van der Waals surface area contributed by atoms with Crippen LogP contribution in [0.5, 0.6) is 5.75 Å². The van der Waals surface area contributed by atoms with Gasteiger partial charge in [-0.2, -0.15) is 11.8 Å². The molecule has 1 aromatic carbocycles. The molecule has 6 nitrogen and oxygen atoms in total. The standard InChI is InChI=1S/C13H17NO5S2/c1-20-13(6-7-13)9-14-21(17,18)11-4-2-10(3-5-11)19-8-12(15)16/h2-5,14H,6-9H2,1H3,(H,15,16). The average molecular weight is 331 g/mol. The molecular formula is C13H17NO5S2. The lowest BCUT2D eigenvalue weighted by Gasteiger charge is -2.13. The molecule has 2 N–H and O–H groups in total. The summed E-state index contributed by atoms with van der Waals surface area (Å²) in [5.74, 6) is -0.765. The van der Waals surface area contributed by atoms with Crippen molar-refractivity contribution in [2.24, 2.45) is 0 Å². The Balaban J connectivity index is 1.98. The number of nitrogens with one attached hydrogen (secondary N) is 1. The quantitative estimate of drug-likeness (QED) is 0.746. The molecule has 0 heterocycles. The van der Waals surface area contributed by atoms with Gasteiger partial charge in [0.05, 0.1) is 4.90 Å². The van der Waals surface area contributed by atoms with E-state index in [0.29, 0.717) is 12.3 Å². The van der Waals surface area contributed by atoms with Crippen LogP contribution in [0, 0.1) is 0 Å². The molecule has 0 atom stereocenters. The summed E-state index contributed by atoms with van der Waals surface area (Å²) in [5, 5.41) is 8.50. The summed E-state index contributed by atoms with van der Waals surface area (Å²) in [4.78, 5) is 10.5. The summed E-state index contributed by atoms with van der Waals surface area (Å²) in [6, 6.07) is 5.69. The van der Waals surface area contributed by atoms with E-state index in [1.807, 2.05) is 6.26 Å². The Hall–Kier alpha value is -1.25. The Morgan fingerprint density at radius 2 is 2.00 bits per heavy atom. The van der Waals surface area contributed by atoms with Gasteiger partial charge >= 0.3 is 5.97 Å². The van der Waals surface area contributed by atoms with Gasteiger partial charge in [-0.1, -0.05) is 0 Å². The Morgan fingerprint density at radius 3 is 2.48 bits per heavy atom. The van der Waals surface area contributed by atoms with Crippen molar-refractivity contribution in [3.63, 3.8) is 0 Å². The molecule has 1 aliphatic carbocycles. The summed E-state index contributed by atoms with van der Waals surface area (Å²) >= 11 is 1.68. The fraction of sp³-hybridized carbons (Fsp3) is 0.462. The molecule has 1 aromatic rings. The molecule has 0 spiro atoms. The van der Waals surface area contributed by atoms with Crippen molar-refractivity contribution in [2.75, 3.05) is 19.4 Å². The maximum atomic E-state index is 12.1. The summed E-state index contributed by atoms with van der Waals surface area (Å²) in [6.45, 7) is -0.0334. The molecule has 116 valence electrons. The van der Waals surface area contributed by atoms with Gasteiger partial charge in [-0.25, -0.2) is 17.9 Å². The minimum Gasteiger partial charge on any atom is -0.482 e. The second kappa shape index (κ2) is 6.25. The smallest absolute Gasteiger partial charge is 0.341 e. The van der Waals surface area contributed by atoms with Gasteiger partial charge < -0.3 is 9.84 Å². The highest BCUT2D eigenvalue weighted by Crippen LogP contribution is 2.46. The largest absolute Gasteiger partial charge is 0.482 e. The highest BCUT2D eigenvalue weighted by Gasteiger charge is 2.42. The molecule has 2 rings (SSSR count).